The van der Waals surface area contributed by atoms with Gasteiger partial charge in [0, 0.05) is 43.8 Å². The Hall–Kier alpha value is -3.17. The number of fused-ring (bicyclic) bond motifs is 1. The molecule has 1 fully saturated rings. The van der Waals surface area contributed by atoms with Crippen LogP contribution in [0.1, 0.15) is 24.4 Å². The number of pyridine rings is 1. The number of hydrogen-bond acceptors (Lipinski definition) is 9. The van der Waals surface area contributed by atoms with E-state index < -0.39 is 0 Å². The van der Waals surface area contributed by atoms with E-state index in [2.05, 4.69) is 25.1 Å². The number of nitrogens with two attached hydrogens (primary N) is 2. The molecule has 1 aromatic carbocycles. The summed E-state index contributed by atoms with van der Waals surface area (Å²) in [5.74, 6) is 2.16. The van der Waals surface area contributed by atoms with Gasteiger partial charge in [0.25, 0.3) is 5.88 Å². The molecule has 2 aliphatic heterocycles. The first-order chi connectivity index (χ1) is 14.6. The lowest BCUT2D eigenvalue weighted by atomic mass is 9.83. The second-order valence-corrected chi connectivity index (χ2v) is 7.75. The molecular formula is C20H20ClN7O2. The first kappa shape index (κ1) is 18.8. The minimum atomic E-state index is -0.380. The fourth-order valence-electron chi connectivity index (χ4n) is 3.98. The van der Waals surface area contributed by atoms with E-state index in [1.807, 2.05) is 24.3 Å². The van der Waals surface area contributed by atoms with Gasteiger partial charge < -0.3 is 25.8 Å². The van der Waals surface area contributed by atoms with E-state index in [-0.39, 0.29) is 28.4 Å². The number of para-hydroxylation sites is 1. The maximum atomic E-state index is 6.53. The maximum Gasteiger partial charge on any atom is 0.257 e. The Bertz CT molecular complexity index is 1070. The number of anilines is 2. The van der Waals surface area contributed by atoms with Gasteiger partial charge in [-0.3, -0.25) is 0 Å². The third kappa shape index (κ3) is 3.16. The summed E-state index contributed by atoms with van der Waals surface area (Å²) >= 11 is 6.09. The zero-order valence-electron chi connectivity index (χ0n) is 16.0. The number of piperidine rings is 1. The van der Waals surface area contributed by atoms with E-state index in [9.17, 15) is 0 Å². The van der Waals surface area contributed by atoms with Crippen LogP contribution in [-0.2, 0) is 0 Å². The van der Waals surface area contributed by atoms with Crippen molar-refractivity contribution in [2.45, 2.75) is 24.5 Å². The molecule has 0 saturated carbocycles. The molecule has 30 heavy (non-hydrogen) atoms. The van der Waals surface area contributed by atoms with Gasteiger partial charge in [0.2, 0.25) is 5.95 Å². The lowest BCUT2D eigenvalue weighted by molar-refractivity contribution is 0.0429. The number of ether oxygens (including phenoxy) is 2. The third-order valence-electron chi connectivity index (χ3n) is 5.65. The van der Waals surface area contributed by atoms with Crippen molar-refractivity contribution in [2.24, 2.45) is 5.73 Å². The van der Waals surface area contributed by atoms with Crippen LogP contribution >= 0.6 is 11.6 Å². The zero-order valence-corrected chi connectivity index (χ0v) is 16.8. The van der Waals surface area contributed by atoms with Gasteiger partial charge in [0.05, 0.1) is 12.2 Å². The molecular weight excluding hydrogens is 406 g/mol. The first-order valence-electron chi connectivity index (χ1n) is 9.62. The van der Waals surface area contributed by atoms with Crippen LogP contribution < -0.4 is 25.8 Å². The maximum absolute atomic E-state index is 6.53. The van der Waals surface area contributed by atoms with Crippen molar-refractivity contribution in [3.63, 3.8) is 0 Å². The molecule has 154 valence electrons. The molecule has 4 N–H and O–H groups in total. The third-order valence-corrected chi connectivity index (χ3v) is 6.03. The van der Waals surface area contributed by atoms with E-state index >= 15 is 0 Å². The van der Waals surface area contributed by atoms with Gasteiger partial charge in [-0.2, -0.15) is 0 Å². The second kappa shape index (κ2) is 7.26. The Kier molecular flexibility index (Phi) is 4.56. The standard InChI is InChI=1S/C20H20ClN7O2/c21-16-14(5-8-24-18(16)23)29-15-11-25-19(27-26-15)28-9-6-20(7-10-28)17(22)12-3-1-2-4-13(12)30-20/h1-5,8,11,17H,6-7,9-10,22H2,(H2,23,24)/t17-/m1/s1. The normalized spacial score (nSPS) is 19.4. The fourth-order valence-corrected chi connectivity index (χ4v) is 4.13. The summed E-state index contributed by atoms with van der Waals surface area (Å²) in [5.41, 5.74) is 12.9. The first-order valence-corrected chi connectivity index (χ1v) is 9.99. The van der Waals surface area contributed by atoms with E-state index in [1.54, 1.807) is 6.07 Å². The van der Waals surface area contributed by atoms with Crippen LogP contribution in [-0.4, -0.2) is 38.9 Å². The molecule has 2 aliphatic rings. The van der Waals surface area contributed by atoms with Crippen LogP contribution in [0.25, 0.3) is 0 Å². The average Bonchev–Trinajstić information content (AvgIpc) is 3.04. The lowest BCUT2D eigenvalue weighted by Gasteiger charge is -2.40. The van der Waals surface area contributed by atoms with E-state index in [0.29, 0.717) is 11.7 Å². The number of hydrogen-bond donors (Lipinski definition) is 2. The highest BCUT2D eigenvalue weighted by Crippen LogP contribution is 2.47. The van der Waals surface area contributed by atoms with Crippen molar-refractivity contribution >= 4 is 23.4 Å². The van der Waals surface area contributed by atoms with E-state index in [1.165, 1.54) is 12.4 Å². The Labute approximate surface area is 178 Å². The summed E-state index contributed by atoms with van der Waals surface area (Å²) in [4.78, 5) is 10.4. The van der Waals surface area contributed by atoms with Gasteiger partial charge >= 0.3 is 0 Å². The number of nitrogens with zero attached hydrogens (tertiary/aromatic N) is 5. The second-order valence-electron chi connectivity index (χ2n) is 7.38. The van der Waals surface area contributed by atoms with Crippen molar-refractivity contribution < 1.29 is 9.47 Å². The zero-order chi connectivity index (χ0) is 20.7. The Morgan fingerprint density at radius 1 is 1.13 bits per heavy atom. The Balaban J connectivity index is 1.26. The molecule has 5 rings (SSSR count). The molecule has 3 aromatic rings. The van der Waals surface area contributed by atoms with Crippen LogP contribution in [0.2, 0.25) is 5.02 Å². The molecule has 1 spiro atoms. The molecule has 10 heteroatoms. The Morgan fingerprint density at radius 2 is 1.93 bits per heavy atom. The molecule has 0 bridgehead atoms. The molecule has 0 amide bonds. The van der Waals surface area contributed by atoms with Gasteiger partial charge in [-0.15, -0.1) is 10.2 Å². The number of halogens is 1. The molecule has 1 atom stereocenters. The number of rotatable bonds is 3. The summed E-state index contributed by atoms with van der Waals surface area (Å²) in [7, 11) is 0. The molecule has 0 aliphatic carbocycles. The largest absolute Gasteiger partial charge is 0.485 e. The summed E-state index contributed by atoms with van der Waals surface area (Å²) in [5, 5.41) is 8.53. The molecule has 4 heterocycles. The lowest BCUT2D eigenvalue weighted by Crippen LogP contribution is -2.51. The van der Waals surface area contributed by atoms with Crippen molar-refractivity contribution in [2.75, 3.05) is 23.7 Å². The summed E-state index contributed by atoms with van der Waals surface area (Å²) in [6.45, 7) is 1.44. The van der Waals surface area contributed by atoms with Crippen LogP contribution in [0.4, 0.5) is 11.8 Å². The van der Waals surface area contributed by atoms with Gasteiger partial charge in [0.15, 0.2) is 5.75 Å². The van der Waals surface area contributed by atoms with Crippen LogP contribution in [0.15, 0.2) is 42.7 Å². The minimum Gasteiger partial charge on any atom is -0.485 e. The molecule has 9 nitrogen and oxygen atoms in total. The van der Waals surface area contributed by atoms with Crippen LogP contribution in [0.5, 0.6) is 17.4 Å². The number of benzene rings is 1. The SMILES string of the molecule is Nc1nccc(Oc2cnc(N3CCC4(CC3)Oc3ccccc3[C@H]4N)nn2)c1Cl. The predicted octanol–water partition coefficient (Wildman–Crippen LogP) is 2.73. The molecule has 2 aromatic heterocycles. The quantitative estimate of drug-likeness (QED) is 0.651. The van der Waals surface area contributed by atoms with Crippen molar-refractivity contribution in [3.05, 3.63) is 53.3 Å². The van der Waals surface area contributed by atoms with Gasteiger partial charge in [-0.25, -0.2) is 9.97 Å². The van der Waals surface area contributed by atoms with Crippen molar-refractivity contribution in [1.82, 2.24) is 20.2 Å². The highest BCUT2D eigenvalue weighted by molar-refractivity contribution is 6.34. The summed E-state index contributed by atoms with van der Waals surface area (Å²) in [6.07, 6.45) is 4.56. The van der Waals surface area contributed by atoms with Gasteiger partial charge in [0.1, 0.15) is 22.2 Å². The molecule has 0 unspecified atom stereocenters. The average molecular weight is 426 g/mol. The van der Waals surface area contributed by atoms with Crippen LogP contribution in [0, 0.1) is 0 Å². The highest BCUT2D eigenvalue weighted by Gasteiger charge is 2.48. The predicted molar refractivity (Wildman–Crippen MR) is 112 cm³/mol. The highest BCUT2D eigenvalue weighted by atomic mass is 35.5. The van der Waals surface area contributed by atoms with Gasteiger partial charge in [-0.05, 0) is 6.07 Å². The smallest absolute Gasteiger partial charge is 0.257 e. The summed E-state index contributed by atoms with van der Waals surface area (Å²) in [6, 6.07) is 9.44. The van der Waals surface area contributed by atoms with Crippen molar-refractivity contribution in [3.8, 4) is 17.4 Å². The summed E-state index contributed by atoms with van der Waals surface area (Å²) < 4.78 is 11.9. The fraction of sp³-hybridized carbons (Fsp3) is 0.300. The van der Waals surface area contributed by atoms with E-state index in [0.717, 1.165) is 37.2 Å². The molecule has 0 radical (unpaired) electrons. The minimum absolute atomic E-state index is 0.136. The van der Waals surface area contributed by atoms with Crippen molar-refractivity contribution in [1.29, 1.82) is 0 Å². The monoisotopic (exact) mass is 425 g/mol. The number of aromatic nitrogens is 4. The topological polar surface area (TPSA) is 125 Å². The van der Waals surface area contributed by atoms with Crippen LogP contribution in [0.3, 0.4) is 0 Å². The Morgan fingerprint density at radius 3 is 2.67 bits per heavy atom. The van der Waals surface area contributed by atoms with Gasteiger partial charge in [-0.1, -0.05) is 29.8 Å². The van der Waals surface area contributed by atoms with E-state index in [4.69, 9.17) is 32.5 Å². The molecule has 1 saturated heterocycles. The number of nitrogen functional groups attached to an aromatic ring is 1.